The van der Waals surface area contributed by atoms with Crippen LogP contribution in [0.2, 0.25) is 0 Å². The zero-order chi connectivity index (χ0) is 7.82. The molecule has 1 saturated heterocycles. The van der Waals surface area contributed by atoms with Crippen LogP contribution in [-0.2, 0) is 4.74 Å². The highest BCUT2D eigenvalue weighted by Crippen LogP contribution is 2.10. The zero-order valence-electron chi connectivity index (χ0n) is 7.10. The quantitative estimate of drug-likeness (QED) is 0.607. The highest BCUT2D eigenvalue weighted by atomic mass is 16.5. The molecule has 1 aliphatic heterocycles. The first-order valence-corrected chi connectivity index (χ1v) is 4.25. The molecule has 1 fully saturated rings. The molecule has 0 aliphatic carbocycles. The third-order valence-corrected chi connectivity index (χ3v) is 1.54. The van der Waals surface area contributed by atoms with Crippen LogP contribution in [0.25, 0.3) is 0 Å². The summed E-state index contributed by atoms with van der Waals surface area (Å²) in [6.45, 7) is 5.61. The highest BCUT2D eigenvalue weighted by molar-refractivity contribution is 4.62. The van der Waals surface area contributed by atoms with Crippen molar-refractivity contribution in [1.29, 1.82) is 0 Å². The van der Waals surface area contributed by atoms with Crippen molar-refractivity contribution in [3.63, 3.8) is 0 Å². The highest BCUT2D eigenvalue weighted by Gasteiger charge is 2.10. The molecule has 2 heteroatoms. The largest absolute Gasteiger partial charge is 0.377 e. The Kier molecular flexibility index (Phi) is 6.98. The van der Waals surface area contributed by atoms with Crippen LogP contribution in [-0.4, -0.2) is 19.3 Å². The average Bonchev–Trinajstić information content (AvgIpc) is 2.10. The van der Waals surface area contributed by atoms with Gasteiger partial charge in [0.2, 0.25) is 0 Å². The van der Waals surface area contributed by atoms with Crippen LogP contribution in [0.3, 0.4) is 0 Å². The van der Waals surface area contributed by atoms with Gasteiger partial charge in [-0.2, -0.15) is 0 Å². The molecular formula is C8H19NO. The lowest BCUT2D eigenvalue weighted by Gasteiger charge is -2.20. The van der Waals surface area contributed by atoms with E-state index in [1.807, 2.05) is 13.8 Å². The van der Waals surface area contributed by atoms with Gasteiger partial charge in [0.05, 0.1) is 6.10 Å². The second-order valence-electron chi connectivity index (χ2n) is 2.22. The van der Waals surface area contributed by atoms with Gasteiger partial charge in [-0.15, -0.1) is 0 Å². The monoisotopic (exact) mass is 145 g/mol. The lowest BCUT2D eigenvalue weighted by atomic mass is 10.1. The Labute approximate surface area is 63.7 Å². The van der Waals surface area contributed by atoms with Crippen molar-refractivity contribution in [3.8, 4) is 0 Å². The van der Waals surface area contributed by atoms with Crippen LogP contribution in [0.1, 0.15) is 33.1 Å². The Bertz CT molecular complexity index is 60.3. The molecule has 0 radical (unpaired) electrons. The Hall–Kier alpha value is -0.0800. The van der Waals surface area contributed by atoms with Gasteiger partial charge in [0.15, 0.2) is 0 Å². The van der Waals surface area contributed by atoms with Gasteiger partial charge in [-0.25, -0.2) is 0 Å². The average molecular weight is 145 g/mol. The Morgan fingerprint density at radius 2 is 2.10 bits per heavy atom. The van der Waals surface area contributed by atoms with Crippen LogP contribution < -0.4 is 5.73 Å². The fourth-order valence-electron chi connectivity index (χ4n) is 0.993. The Balaban J connectivity index is 0.000000371. The van der Waals surface area contributed by atoms with Gasteiger partial charge in [-0.3, -0.25) is 0 Å². The summed E-state index contributed by atoms with van der Waals surface area (Å²) in [4.78, 5) is 0. The van der Waals surface area contributed by atoms with Crippen molar-refractivity contribution in [1.82, 2.24) is 0 Å². The minimum Gasteiger partial charge on any atom is -0.377 e. The van der Waals surface area contributed by atoms with Crippen LogP contribution in [0, 0.1) is 0 Å². The molecule has 1 heterocycles. The molecule has 0 bridgehead atoms. The lowest BCUT2D eigenvalue weighted by Crippen LogP contribution is -2.27. The van der Waals surface area contributed by atoms with E-state index >= 15 is 0 Å². The SMILES string of the molecule is CC.NCC1CCCCO1. The minimum absolute atomic E-state index is 0.365. The molecule has 62 valence electrons. The van der Waals surface area contributed by atoms with E-state index in [9.17, 15) is 0 Å². The zero-order valence-corrected chi connectivity index (χ0v) is 7.10. The summed E-state index contributed by atoms with van der Waals surface area (Å²) in [6, 6.07) is 0. The second-order valence-corrected chi connectivity index (χ2v) is 2.22. The summed E-state index contributed by atoms with van der Waals surface area (Å²) in [7, 11) is 0. The molecule has 2 N–H and O–H groups in total. The van der Waals surface area contributed by atoms with E-state index in [2.05, 4.69) is 0 Å². The number of ether oxygens (including phenoxy) is 1. The summed E-state index contributed by atoms with van der Waals surface area (Å²) in [5.41, 5.74) is 5.38. The van der Waals surface area contributed by atoms with Crippen molar-refractivity contribution in [2.45, 2.75) is 39.2 Å². The lowest BCUT2D eigenvalue weighted by molar-refractivity contribution is 0.0222. The first-order chi connectivity index (χ1) is 4.93. The van der Waals surface area contributed by atoms with Crippen molar-refractivity contribution in [2.24, 2.45) is 5.73 Å². The number of nitrogens with two attached hydrogens (primary N) is 1. The van der Waals surface area contributed by atoms with Crippen molar-refractivity contribution in [3.05, 3.63) is 0 Å². The summed E-state index contributed by atoms with van der Waals surface area (Å²) in [5.74, 6) is 0. The van der Waals surface area contributed by atoms with Gasteiger partial charge in [-0.05, 0) is 19.3 Å². The third kappa shape index (κ3) is 3.85. The van der Waals surface area contributed by atoms with Crippen molar-refractivity contribution >= 4 is 0 Å². The number of hydrogen-bond donors (Lipinski definition) is 1. The topological polar surface area (TPSA) is 35.2 Å². The van der Waals surface area contributed by atoms with Crippen LogP contribution in [0.4, 0.5) is 0 Å². The van der Waals surface area contributed by atoms with Crippen LogP contribution in [0.5, 0.6) is 0 Å². The van der Waals surface area contributed by atoms with Gasteiger partial charge in [0.25, 0.3) is 0 Å². The van der Waals surface area contributed by atoms with Crippen molar-refractivity contribution < 1.29 is 4.74 Å². The summed E-state index contributed by atoms with van der Waals surface area (Å²) in [6.07, 6.45) is 4.04. The standard InChI is InChI=1S/C6H13NO.C2H6/c7-5-6-3-1-2-4-8-6;1-2/h6H,1-5,7H2;1-2H3. The van der Waals surface area contributed by atoms with E-state index in [4.69, 9.17) is 10.5 Å². The van der Waals surface area contributed by atoms with Crippen LogP contribution in [0.15, 0.2) is 0 Å². The first kappa shape index (κ1) is 9.92. The Morgan fingerprint density at radius 3 is 2.40 bits per heavy atom. The first-order valence-electron chi connectivity index (χ1n) is 4.25. The van der Waals surface area contributed by atoms with Gasteiger partial charge >= 0.3 is 0 Å². The van der Waals surface area contributed by atoms with Gasteiger partial charge < -0.3 is 10.5 Å². The fraction of sp³-hybridized carbons (Fsp3) is 1.00. The molecule has 1 atom stereocenters. The molecule has 0 aromatic heterocycles. The third-order valence-electron chi connectivity index (χ3n) is 1.54. The number of hydrogen-bond acceptors (Lipinski definition) is 2. The van der Waals surface area contributed by atoms with E-state index in [0.717, 1.165) is 13.0 Å². The molecular weight excluding hydrogens is 126 g/mol. The molecule has 10 heavy (non-hydrogen) atoms. The fourth-order valence-corrected chi connectivity index (χ4v) is 0.993. The maximum atomic E-state index is 5.38. The molecule has 0 saturated carbocycles. The summed E-state index contributed by atoms with van der Waals surface area (Å²) < 4.78 is 5.30. The van der Waals surface area contributed by atoms with E-state index < -0.39 is 0 Å². The normalized spacial score (nSPS) is 24.9. The predicted octanol–water partition coefficient (Wildman–Crippen LogP) is 1.54. The number of rotatable bonds is 1. The van der Waals surface area contributed by atoms with E-state index in [-0.39, 0.29) is 0 Å². The van der Waals surface area contributed by atoms with Gasteiger partial charge in [0.1, 0.15) is 0 Å². The molecule has 0 spiro atoms. The predicted molar refractivity (Wildman–Crippen MR) is 44.0 cm³/mol. The maximum Gasteiger partial charge on any atom is 0.0697 e. The van der Waals surface area contributed by atoms with Gasteiger partial charge in [0, 0.05) is 13.2 Å². The van der Waals surface area contributed by atoms with Crippen molar-refractivity contribution in [2.75, 3.05) is 13.2 Å². The molecule has 1 unspecified atom stereocenters. The van der Waals surface area contributed by atoms with E-state index in [1.54, 1.807) is 0 Å². The molecule has 1 aliphatic rings. The molecule has 0 aromatic carbocycles. The second kappa shape index (κ2) is 7.03. The minimum atomic E-state index is 0.365. The molecule has 2 nitrogen and oxygen atoms in total. The smallest absolute Gasteiger partial charge is 0.0697 e. The van der Waals surface area contributed by atoms with Crippen LogP contribution >= 0.6 is 0 Å². The van der Waals surface area contributed by atoms with Gasteiger partial charge in [-0.1, -0.05) is 13.8 Å². The molecule has 0 aromatic rings. The Morgan fingerprint density at radius 1 is 1.40 bits per heavy atom. The van der Waals surface area contributed by atoms with E-state index in [0.29, 0.717) is 12.6 Å². The maximum absolute atomic E-state index is 5.38. The molecule has 1 rings (SSSR count). The summed E-state index contributed by atoms with van der Waals surface area (Å²) >= 11 is 0. The molecule has 0 amide bonds. The van der Waals surface area contributed by atoms with E-state index in [1.165, 1.54) is 12.8 Å². The summed E-state index contributed by atoms with van der Waals surface area (Å²) in [5, 5.41) is 0.